The third-order valence-electron chi connectivity index (χ3n) is 4.30. The molecule has 0 aliphatic carbocycles. The molecular weight excluding hydrogens is 374 g/mol. The van der Waals surface area contributed by atoms with Crippen molar-refractivity contribution >= 4 is 34.2 Å². The van der Waals surface area contributed by atoms with Crippen LogP contribution < -0.4 is 5.32 Å². The molecule has 0 atom stereocenters. The fourth-order valence-electron chi connectivity index (χ4n) is 2.78. The van der Waals surface area contributed by atoms with Gasteiger partial charge in [-0.3, -0.25) is 24.7 Å². The number of ether oxygens (including phenoxy) is 1. The summed E-state index contributed by atoms with van der Waals surface area (Å²) in [5.41, 5.74) is 2.27. The first-order valence-electron chi connectivity index (χ1n) is 8.97. The van der Waals surface area contributed by atoms with Gasteiger partial charge in [0.25, 0.3) is 11.6 Å². The molecule has 3 rings (SSSR count). The fraction of sp³-hybridized carbons (Fsp3) is 0.190. The second-order valence-electron chi connectivity index (χ2n) is 6.46. The molecule has 0 saturated heterocycles. The summed E-state index contributed by atoms with van der Waals surface area (Å²) in [5, 5.41) is 14.5. The maximum absolute atomic E-state index is 11.9. The third kappa shape index (κ3) is 5.35. The first-order chi connectivity index (χ1) is 13.9. The topological polar surface area (TPSA) is 111 Å². The highest BCUT2D eigenvalue weighted by molar-refractivity contribution is 5.93. The van der Waals surface area contributed by atoms with E-state index < -0.39 is 23.4 Å². The Bertz CT molecular complexity index is 1080. The Morgan fingerprint density at radius 3 is 2.72 bits per heavy atom. The normalized spacial score (nSPS) is 10.5. The number of nitrogens with zero attached hydrogens (tertiary/aromatic N) is 2. The van der Waals surface area contributed by atoms with Crippen LogP contribution in [0.3, 0.4) is 0 Å². The third-order valence-corrected chi connectivity index (χ3v) is 4.30. The number of hydrogen-bond donors (Lipinski definition) is 1. The number of pyridine rings is 1. The lowest BCUT2D eigenvalue weighted by Crippen LogP contribution is -2.21. The van der Waals surface area contributed by atoms with Gasteiger partial charge in [0.05, 0.1) is 16.9 Å². The van der Waals surface area contributed by atoms with Gasteiger partial charge in [0.2, 0.25) is 0 Å². The van der Waals surface area contributed by atoms with E-state index in [0.29, 0.717) is 12.0 Å². The van der Waals surface area contributed by atoms with Gasteiger partial charge >= 0.3 is 5.97 Å². The molecule has 0 saturated carbocycles. The lowest BCUT2D eigenvalue weighted by Gasteiger charge is -2.07. The largest absolute Gasteiger partial charge is 0.456 e. The molecule has 1 aromatic heterocycles. The average Bonchev–Trinajstić information content (AvgIpc) is 2.71. The quantitative estimate of drug-likeness (QED) is 0.373. The van der Waals surface area contributed by atoms with E-state index in [-0.39, 0.29) is 17.8 Å². The number of para-hydroxylation sites is 1. The van der Waals surface area contributed by atoms with Crippen molar-refractivity contribution in [2.45, 2.75) is 19.8 Å². The Balaban J connectivity index is 1.48. The maximum Gasteiger partial charge on any atom is 0.306 e. The van der Waals surface area contributed by atoms with Gasteiger partial charge in [0, 0.05) is 34.8 Å². The number of anilines is 1. The molecule has 0 radical (unpaired) electrons. The molecule has 0 spiro atoms. The molecule has 0 aliphatic rings. The molecule has 8 heteroatoms. The van der Waals surface area contributed by atoms with Gasteiger partial charge in [0.1, 0.15) is 0 Å². The van der Waals surface area contributed by atoms with Gasteiger partial charge in [0.15, 0.2) is 6.61 Å². The Labute approximate surface area is 166 Å². The minimum atomic E-state index is -0.569. The van der Waals surface area contributed by atoms with Crippen molar-refractivity contribution < 1.29 is 19.2 Å². The van der Waals surface area contributed by atoms with Crippen molar-refractivity contribution in [1.29, 1.82) is 0 Å². The van der Waals surface area contributed by atoms with Crippen molar-refractivity contribution in [1.82, 2.24) is 4.98 Å². The van der Waals surface area contributed by atoms with Crippen LogP contribution in [0.15, 0.2) is 54.6 Å². The summed E-state index contributed by atoms with van der Waals surface area (Å²) in [6.45, 7) is 1.14. The predicted octanol–water partition coefficient (Wildman–Crippen LogP) is 3.57. The highest BCUT2D eigenvalue weighted by Crippen LogP contribution is 2.22. The number of esters is 1. The number of fused-ring (bicyclic) bond motifs is 1. The second kappa shape index (κ2) is 8.92. The monoisotopic (exact) mass is 393 g/mol. The first-order valence-corrected chi connectivity index (χ1v) is 8.97. The predicted molar refractivity (Wildman–Crippen MR) is 107 cm³/mol. The number of carbonyl (C=O) groups is 2. The van der Waals surface area contributed by atoms with E-state index in [1.807, 2.05) is 36.4 Å². The Morgan fingerprint density at radius 1 is 1.14 bits per heavy atom. The molecule has 1 heterocycles. The van der Waals surface area contributed by atoms with E-state index in [4.69, 9.17) is 4.74 Å². The number of aryl methyl sites for hydroxylation is 2. The summed E-state index contributed by atoms with van der Waals surface area (Å²) in [7, 11) is 0. The fourth-order valence-corrected chi connectivity index (χ4v) is 2.78. The maximum atomic E-state index is 11.9. The zero-order valence-electron chi connectivity index (χ0n) is 15.8. The minimum Gasteiger partial charge on any atom is -0.456 e. The molecule has 3 aromatic rings. The van der Waals surface area contributed by atoms with E-state index in [1.54, 1.807) is 13.0 Å². The van der Waals surface area contributed by atoms with Gasteiger partial charge in [-0.25, -0.2) is 0 Å². The van der Waals surface area contributed by atoms with Crippen LogP contribution >= 0.6 is 0 Å². The summed E-state index contributed by atoms with van der Waals surface area (Å²) in [6, 6.07) is 15.8. The Hall–Kier alpha value is -3.81. The van der Waals surface area contributed by atoms with Gasteiger partial charge in [-0.15, -0.1) is 0 Å². The van der Waals surface area contributed by atoms with Gasteiger partial charge < -0.3 is 10.1 Å². The molecule has 8 nitrogen and oxygen atoms in total. The number of nitro groups is 1. The SMILES string of the molecule is Cc1ccc(NC(=O)COC(=O)CCc2ccc3ccccc3n2)cc1[N+](=O)[O-]. The summed E-state index contributed by atoms with van der Waals surface area (Å²) >= 11 is 0. The molecule has 1 N–H and O–H groups in total. The van der Waals surface area contributed by atoms with Crippen LogP contribution in [-0.2, 0) is 20.7 Å². The van der Waals surface area contributed by atoms with Gasteiger partial charge in [-0.05, 0) is 25.1 Å². The van der Waals surface area contributed by atoms with Crippen LogP contribution in [-0.4, -0.2) is 28.4 Å². The molecule has 0 fully saturated rings. The minimum absolute atomic E-state index is 0.0919. The molecular formula is C21H19N3O5. The van der Waals surface area contributed by atoms with Gasteiger partial charge in [-0.2, -0.15) is 0 Å². The Kier molecular flexibility index (Phi) is 6.13. The zero-order valence-corrected chi connectivity index (χ0v) is 15.8. The van der Waals surface area contributed by atoms with E-state index in [1.165, 1.54) is 12.1 Å². The van der Waals surface area contributed by atoms with E-state index in [2.05, 4.69) is 10.3 Å². The summed E-state index contributed by atoms with van der Waals surface area (Å²) in [5.74, 6) is -1.09. The first kappa shape index (κ1) is 19.9. The summed E-state index contributed by atoms with van der Waals surface area (Å²) in [4.78, 5) is 38.8. The van der Waals surface area contributed by atoms with E-state index >= 15 is 0 Å². The number of rotatable bonds is 7. The standard InChI is InChI=1S/C21H19N3O5/c1-14-6-8-17(12-19(14)24(27)28)23-20(25)13-29-21(26)11-10-16-9-7-15-4-2-3-5-18(15)22-16/h2-9,12H,10-11,13H2,1H3,(H,23,25). The highest BCUT2D eigenvalue weighted by atomic mass is 16.6. The Morgan fingerprint density at radius 2 is 1.93 bits per heavy atom. The smallest absolute Gasteiger partial charge is 0.306 e. The van der Waals surface area contributed by atoms with Crippen LogP contribution in [0.4, 0.5) is 11.4 Å². The van der Waals surface area contributed by atoms with Crippen LogP contribution in [0, 0.1) is 17.0 Å². The highest BCUT2D eigenvalue weighted by Gasteiger charge is 2.13. The van der Waals surface area contributed by atoms with Gasteiger partial charge in [-0.1, -0.05) is 30.3 Å². The molecule has 1 amide bonds. The van der Waals surface area contributed by atoms with Crippen LogP contribution in [0.1, 0.15) is 17.7 Å². The molecule has 0 unspecified atom stereocenters. The number of carbonyl (C=O) groups excluding carboxylic acids is 2. The van der Waals surface area contributed by atoms with Crippen molar-refractivity contribution in [2.24, 2.45) is 0 Å². The van der Waals surface area contributed by atoms with Crippen LogP contribution in [0.25, 0.3) is 10.9 Å². The van der Waals surface area contributed by atoms with Crippen LogP contribution in [0.5, 0.6) is 0 Å². The number of hydrogen-bond acceptors (Lipinski definition) is 6. The molecule has 2 aromatic carbocycles. The zero-order chi connectivity index (χ0) is 20.8. The molecule has 0 aliphatic heterocycles. The average molecular weight is 393 g/mol. The number of benzene rings is 2. The number of nitrogens with one attached hydrogen (secondary N) is 1. The number of amides is 1. The van der Waals surface area contributed by atoms with Crippen molar-refractivity contribution in [3.05, 3.63) is 76.0 Å². The van der Waals surface area contributed by atoms with Crippen molar-refractivity contribution in [2.75, 3.05) is 11.9 Å². The lowest BCUT2D eigenvalue weighted by molar-refractivity contribution is -0.385. The second-order valence-corrected chi connectivity index (χ2v) is 6.46. The lowest BCUT2D eigenvalue weighted by atomic mass is 10.1. The van der Waals surface area contributed by atoms with Crippen LogP contribution in [0.2, 0.25) is 0 Å². The van der Waals surface area contributed by atoms with E-state index in [9.17, 15) is 19.7 Å². The molecule has 29 heavy (non-hydrogen) atoms. The summed E-state index contributed by atoms with van der Waals surface area (Å²) in [6.07, 6.45) is 0.490. The molecule has 148 valence electrons. The van der Waals surface area contributed by atoms with E-state index in [0.717, 1.165) is 16.6 Å². The van der Waals surface area contributed by atoms with Crippen molar-refractivity contribution in [3.8, 4) is 0 Å². The summed E-state index contributed by atoms with van der Waals surface area (Å²) < 4.78 is 4.97. The van der Waals surface area contributed by atoms with Crippen molar-refractivity contribution in [3.63, 3.8) is 0 Å². The number of nitro benzene ring substituents is 1. The molecule has 0 bridgehead atoms. The number of aromatic nitrogens is 1.